The Balaban J connectivity index is 2.02. The number of tetrazole rings is 1. The van der Waals surface area contributed by atoms with Crippen molar-refractivity contribution in [3.63, 3.8) is 0 Å². The molecule has 1 aromatic carbocycles. The molecule has 0 aliphatic rings. The van der Waals surface area contributed by atoms with Gasteiger partial charge in [-0.1, -0.05) is 0 Å². The number of methoxy groups -OCH3 is 1. The maximum atomic E-state index is 11.6. The fraction of sp³-hybridized carbons (Fsp3) is 0.385. The zero-order chi connectivity index (χ0) is 15.1. The van der Waals surface area contributed by atoms with Crippen molar-refractivity contribution in [3.8, 4) is 11.4 Å². The molecule has 0 fully saturated rings. The summed E-state index contributed by atoms with van der Waals surface area (Å²) in [5.41, 5.74) is 0.797. The second kappa shape index (κ2) is 7.58. The molecule has 0 atom stereocenters. The van der Waals surface area contributed by atoms with Crippen LogP contribution in [0.3, 0.4) is 0 Å². The minimum Gasteiger partial charge on any atom is -0.497 e. The van der Waals surface area contributed by atoms with Crippen LogP contribution in [-0.2, 0) is 11.3 Å². The van der Waals surface area contributed by atoms with Gasteiger partial charge in [-0.15, -0.1) is 16.7 Å². The second-order valence-electron chi connectivity index (χ2n) is 4.27. The molecule has 0 aliphatic carbocycles. The Labute approximate surface area is 127 Å². The quantitative estimate of drug-likeness (QED) is 0.780. The lowest BCUT2D eigenvalue weighted by Gasteiger charge is -2.07. The van der Waals surface area contributed by atoms with Gasteiger partial charge in [0.1, 0.15) is 5.75 Å². The summed E-state index contributed by atoms with van der Waals surface area (Å²) in [4.78, 5) is 11.6. The maximum Gasteiger partial charge on any atom is 0.220 e. The van der Waals surface area contributed by atoms with Crippen LogP contribution in [0.25, 0.3) is 5.69 Å². The van der Waals surface area contributed by atoms with E-state index >= 15 is 0 Å². The molecule has 2 aromatic rings. The lowest BCUT2D eigenvalue weighted by Crippen LogP contribution is -2.24. The van der Waals surface area contributed by atoms with Crippen molar-refractivity contribution < 1.29 is 9.53 Å². The number of benzene rings is 1. The number of aromatic nitrogens is 4. The van der Waals surface area contributed by atoms with Gasteiger partial charge < -0.3 is 10.1 Å². The lowest BCUT2D eigenvalue weighted by atomic mass is 10.3. The number of hydrogen-bond donors (Lipinski definition) is 1. The first-order valence-corrected chi connectivity index (χ1v) is 7.02. The molecule has 0 spiro atoms. The SMILES string of the molecule is COc1ccc(-n2nnnc2CNC(=O)CCCCl)cc1. The van der Waals surface area contributed by atoms with Gasteiger partial charge in [0.25, 0.3) is 0 Å². The Morgan fingerprint density at radius 3 is 2.81 bits per heavy atom. The number of halogens is 1. The van der Waals surface area contributed by atoms with Crippen LogP contribution in [0.4, 0.5) is 0 Å². The van der Waals surface area contributed by atoms with Crippen LogP contribution in [-0.4, -0.2) is 39.1 Å². The van der Waals surface area contributed by atoms with Crippen molar-refractivity contribution in [3.05, 3.63) is 30.1 Å². The summed E-state index contributed by atoms with van der Waals surface area (Å²) >= 11 is 5.55. The Bertz CT molecular complexity index is 585. The van der Waals surface area contributed by atoms with E-state index in [-0.39, 0.29) is 12.5 Å². The highest BCUT2D eigenvalue weighted by Gasteiger charge is 2.09. The van der Waals surface area contributed by atoms with E-state index in [0.717, 1.165) is 11.4 Å². The zero-order valence-electron chi connectivity index (χ0n) is 11.6. The van der Waals surface area contributed by atoms with E-state index in [1.54, 1.807) is 11.8 Å². The van der Waals surface area contributed by atoms with Gasteiger partial charge in [-0.25, -0.2) is 0 Å². The van der Waals surface area contributed by atoms with E-state index in [1.165, 1.54) is 0 Å². The van der Waals surface area contributed by atoms with Crippen molar-refractivity contribution in [2.75, 3.05) is 13.0 Å². The van der Waals surface area contributed by atoms with Crippen LogP contribution >= 0.6 is 11.6 Å². The van der Waals surface area contributed by atoms with Crippen molar-refractivity contribution in [1.29, 1.82) is 0 Å². The number of ether oxygens (including phenoxy) is 1. The van der Waals surface area contributed by atoms with Gasteiger partial charge in [0.05, 0.1) is 19.3 Å². The van der Waals surface area contributed by atoms with E-state index in [1.807, 2.05) is 24.3 Å². The lowest BCUT2D eigenvalue weighted by molar-refractivity contribution is -0.121. The van der Waals surface area contributed by atoms with Gasteiger partial charge in [0.15, 0.2) is 5.82 Å². The van der Waals surface area contributed by atoms with Crippen molar-refractivity contribution in [1.82, 2.24) is 25.5 Å². The summed E-state index contributed by atoms with van der Waals surface area (Å²) in [5.74, 6) is 1.71. The highest BCUT2D eigenvalue weighted by atomic mass is 35.5. The molecule has 1 amide bonds. The number of nitrogens with one attached hydrogen (secondary N) is 1. The molecule has 1 aromatic heterocycles. The molecule has 0 saturated heterocycles. The average Bonchev–Trinajstić information content (AvgIpc) is 2.99. The summed E-state index contributed by atoms with van der Waals surface area (Å²) in [6, 6.07) is 7.32. The summed E-state index contributed by atoms with van der Waals surface area (Å²) in [5, 5.41) is 14.2. The van der Waals surface area contributed by atoms with Crippen LogP contribution in [0.2, 0.25) is 0 Å². The van der Waals surface area contributed by atoms with Crippen molar-refractivity contribution in [2.45, 2.75) is 19.4 Å². The second-order valence-corrected chi connectivity index (χ2v) is 4.65. The smallest absolute Gasteiger partial charge is 0.220 e. The number of nitrogens with zero attached hydrogens (tertiary/aromatic N) is 4. The van der Waals surface area contributed by atoms with E-state index in [4.69, 9.17) is 16.3 Å². The highest BCUT2D eigenvalue weighted by Crippen LogP contribution is 2.14. The summed E-state index contributed by atoms with van der Waals surface area (Å²) in [6.07, 6.45) is 1.05. The normalized spacial score (nSPS) is 10.4. The molecule has 1 N–H and O–H groups in total. The van der Waals surface area contributed by atoms with E-state index in [2.05, 4.69) is 20.8 Å². The Hall–Kier alpha value is -2.15. The highest BCUT2D eigenvalue weighted by molar-refractivity contribution is 6.17. The third-order valence-corrected chi connectivity index (χ3v) is 3.10. The Kier molecular flexibility index (Phi) is 5.51. The van der Waals surface area contributed by atoms with Crippen LogP contribution in [0.1, 0.15) is 18.7 Å². The van der Waals surface area contributed by atoms with E-state index < -0.39 is 0 Å². The molecule has 0 bridgehead atoms. The minimum absolute atomic E-state index is 0.0695. The van der Waals surface area contributed by atoms with Crippen LogP contribution in [0, 0.1) is 0 Å². The molecule has 7 nitrogen and oxygen atoms in total. The minimum atomic E-state index is -0.0695. The first kappa shape index (κ1) is 15.2. The predicted octanol–water partition coefficient (Wildman–Crippen LogP) is 1.31. The fourth-order valence-corrected chi connectivity index (χ4v) is 1.87. The van der Waals surface area contributed by atoms with Gasteiger partial charge in [-0.3, -0.25) is 4.79 Å². The van der Waals surface area contributed by atoms with Crippen LogP contribution in [0.15, 0.2) is 24.3 Å². The number of hydrogen-bond acceptors (Lipinski definition) is 5. The molecule has 0 saturated carbocycles. The molecule has 1 heterocycles. The first-order valence-electron chi connectivity index (χ1n) is 6.49. The molecule has 0 unspecified atom stereocenters. The molecule has 21 heavy (non-hydrogen) atoms. The largest absolute Gasteiger partial charge is 0.497 e. The number of amides is 1. The van der Waals surface area contributed by atoms with Crippen molar-refractivity contribution >= 4 is 17.5 Å². The summed E-state index contributed by atoms with van der Waals surface area (Å²) in [7, 11) is 1.60. The molecule has 2 rings (SSSR count). The average molecular weight is 310 g/mol. The first-order chi connectivity index (χ1) is 10.2. The molecule has 0 radical (unpaired) electrons. The number of carbonyl (C=O) groups is 1. The fourth-order valence-electron chi connectivity index (χ4n) is 1.73. The summed E-state index contributed by atoms with van der Waals surface area (Å²) < 4.78 is 6.68. The number of carbonyl (C=O) groups excluding carboxylic acids is 1. The number of rotatable bonds is 7. The standard InChI is InChI=1S/C13H16ClN5O2/c1-21-11-6-4-10(5-7-11)19-12(16-17-18-19)9-15-13(20)3-2-8-14/h4-7H,2-3,8-9H2,1H3,(H,15,20). The molecule has 8 heteroatoms. The van der Waals surface area contributed by atoms with Gasteiger partial charge in [0, 0.05) is 12.3 Å². The topological polar surface area (TPSA) is 81.9 Å². The molecule has 112 valence electrons. The molecule has 0 aliphatic heterocycles. The zero-order valence-corrected chi connectivity index (χ0v) is 12.4. The predicted molar refractivity (Wildman–Crippen MR) is 77.5 cm³/mol. The van der Waals surface area contributed by atoms with Crippen LogP contribution in [0.5, 0.6) is 5.75 Å². The molecular formula is C13H16ClN5O2. The summed E-state index contributed by atoms with van der Waals surface area (Å²) in [6.45, 7) is 0.264. The van der Waals surface area contributed by atoms with E-state index in [9.17, 15) is 4.79 Å². The Morgan fingerprint density at radius 1 is 1.38 bits per heavy atom. The third-order valence-electron chi connectivity index (χ3n) is 2.83. The monoisotopic (exact) mass is 309 g/mol. The molecular weight excluding hydrogens is 294 g/mol. The van der Waals surface area contributed by atoms with Gasteiger partial charge in [-0.2, -0.15) is 4.68 Å². The van der Waals surface area contributed by atoms with Crippen molar-refractivity contribution in [2.24, 2.45) is 0 Å². The Morgan fingerprint density at radius 2 is 2.14 bits per heavy atom. The van der Waals surface area contributed by atoms with Gasteiger partial charge in [0.2, 0.25) is 5.91 Å². The van der Waals surface area contributed by atoms with Gasteiger partial charge >= 0.3 is 0 Å². The third kappa shape index (κ3) is 4.16. The maximum absolute atomic E-state index is 11.6. The van der Waals surface area contributed by atoms with Gasteiger partial charge in [-0.05, 0) is 41.1 Å². The van der Waals surface area contributed by atoms with Crippen LogP contribution < -0.4 is 10.1 Å². The van der Waals surface area contributed by atoms with E-state index in [0.29, 0.717) is 24.5 Å². The number of alkyl halides is 1.